The first-order valence-corrected chi connectivity index (χ1v) is 3.04. The van der Waals surface area contributed by atoms with E-state index in [1.807, 2.05) is 0 Å². The van der Waals surface area contributed by atoms with Gasteiger partial charge in [-0.25, -0.2) is 0 Å². The molecule has 0 aliphatic carbocycles. The minimum atomic E-state index is -0.635. The fourth-order valence-corrected chi connectivity index (χ4v) is 0.649. The Bertz CT molecular complexity index is 359. The van der Waals surface area contributed by atoms with Crippen molar-refractivity contribution >= 4 is 12.0 Å². The van der Waals surface area contributed by atoms with Gasteiger partial charge in [-0.1, -0.05) is 0 Å². The lowest BCUT2D eigenvalue weighted by Gasteiger charge is -1.81. The molecule has 0 fully saturated rings. The smallest absolute Gasteiger partial charge is 0.401 e. The fraction of sp³-hybridized carbons (Fsp3) is 0. The van der Waals surface area contributed by atoms with Crippen LogP contribution in [0.2, 0.25) is 0 Å². The maximum atomic E-state index is 10.1. The van der Waals surface area contributed by atoms with Gasteiger partial charge < -0.3 is 4.42 Å². The van der Waals surface area contributed by atoms with Crippen LogP contribution in [-0.4, -0.2) is 4.92 Å². The molecule has 5 heteroatoms. The highest BCUT2D eigenvalue weighted by Crippen LogP contribution is 2.16. The van der Waals surface area contributed by atoms with Crippen LogP contribution < -0.4 is 0 Å². The van der Waals surface area contributed by atoms with Crippen molar-refractivity contribution in [2.45, 2.75) is 0 Å². The average molecular weight is 164 g/mol. The largest absolute Gasteiger partial charge is 0.433 e. The van der Waals surface area contributed by atoms with Crippen molar-refractivity contribution in [3.63, 3.8) is 0 Å². The Morgan fingerprint density at radius 1 is 1.67 bits per heavy atom. The molecule has 0 spiro atoms. The monoisotopic (exact) mass is 164 g/mol. The molecule has 0 amide bonds. The summed E-state index contributed by atoms with van der Waals surface area (Å²) in [5.74, 6) is -0.0316. The summed E-state index contributed by atoms with van der Waals surface area (Å²) in [4.78, 5) is 9.48. The quantitative estimate of drug-likeness (QED) is 0.378. The summed E-state index contributed by atoms with van der Waals surface area (Å²) < 4.78 is 4.71. The number of nitriles is 1. The highest BCUT2D eigenvalue weighted by molar-refractivity contribution is 5.47. The Balaban J connectivity index is 2.86. The topological polar surface area (TPSA) is 80.1 Å². The van der Waals surface area contributed by atoms with Crippen LogP contribution in [0.3, 0.4) is 0 Å². The molecule has 0 saturated heterocycles. The second kappa shape index (κ2) is 3.34. The van der Waals surface area contributed by atoms with Gasteiger partial charge in [0.05, 0.1) is 12.1 Å². The Kier molecular flexibility index (Phi) is 2.23. The predicted octanol–water partition coefficient (Wildman–Crippen LogP) is 1.72. The Morgan fingerprint density at radius 3 is 2.92 bits per heavy atom. The molecule has 0 unspecified atom stereocenters. The number of hydrogen-bond acceptors (Lipinski definition) is 4. The van der Waals surface area contributed by atoms with Crippen LogP contribution in [0.15, 0.2) is 22.6 Å². The van der Waals surface area contributed by atoms with Crippen LogP contribution >= 0.6 is 0 Å². The van der Waals surface area contributed by atoms with Crippen molar-refractivity contribution in [1.29, 1.82) is 5.26 Å². The highest BCUT2D eigenvalue weighted by atomic mass is 16.6. The lowest BCUT2D eigenvalue weighted by Crippen LogP contribution is -1.82. The Hall–Kier alpha value is -2.09. The van der Waals surface area contributed by atoms with Gasteiger partial charge in [0.1, 0.15) is 10.7 Å². The van der Waals surface area contributed by atoms with Crippen LogP contribution in [0, 0.1) is 21.4 Å². The van der Waals surface area contributed by atoms with Crippen molar-refractivity contribution in [1.82, 2.24) is 0 Å². The van der Waals surface area contributed by atoms with Gasteiger partial charge in [-0.05, 0) is 12.1 Å². The van der Waals surface area contributed by atoms with E-state index < -0.39 is 4.92 Å². The second-order valence-electron chi connectivity index (χ2n) is 1.90. The number of allylic oxidation sites excluding steroid dienone is 1. The number of nitro groups is 1. The van der Waals surface area contributed by atoms with Gasteiger partial charge in [0, 0.05) is 6.08 Å². The molecule has 5 nitrogen and oxygen atoms in total. The average Bonchev–Trinajstić information content (AvgIpc) is 2.48. The molecule has 0 bridgehead atoms. The van der Waals surface area contributed by atoms with Crippen LogP contribution in [0.5, 0.6) is 0 Å². The maximum Gasteiger partial charge on any atom is 0.433 e. The minimum absolute atomic E-state index is 0.295. The third-order valence-electron chi connectivity index (χ3n) is 1.11. The van der Waals surface area contributed by atoms with Crippen LogP contribution in [-0.2, 0) is 0 Å². The second-order valence-corrected chi connectivity index (χ2v) is 1.90. The van der Waals surface area contributed by atoms with Crippen molar-refractivity contribution in [2.24, 2.45) is 0 Å². The highest BCUT2D eigenvalue weighted by Gasteiger charge is 2.09. The van der Waals surface area contributed by atoms with Crippen molar-refractivity contribution in [3.8, 4) is 6.07 Å². The summed E-state index contributed by atoms with van der Waals surface area (Å²) in [7, 11) is 0. The van der Waals surface area contributed by atoms with Crippen LogP contribution in [0.25, 0.3) is 6.08 Å². The molecule has 0 saturated carbocycles. The molecule has 1 rings (SSSR count). The molecule has 0 N–H and O–H groups in total. The number of nitrogens with zero attached hydrogens (tertiary/aromatic N) is 2. The first-order valence-electron chi connectivity index (χ1n) is 3.04. The zero-order valence-corrected chi connectivity index (χ0v) is 5.93. The van der Waals surface area contributed by atoms with Crippen LogP contribution in [0.1, 0.15) is 5.76 Å². The summed E-state index contributed by atoms with van der Waals surface area (Å²) in [6, 6.07) is 4.40. The number of hydrogen-bond donors (Lipinski definition) is 0. The van der Waals surface area contributed by atoms with Crippen molar-refractivity contribution in [2.75, 3.05) is 0 Å². The molecular formula is C7H4N2O3. The maximum absolute atomic E-state index is 10.1. The van der Waals surface area contributed by atoms with Gasteiger partial charge in [-0.3, -0.25) is 10.1 Å². The van der Waals surface area contributed by atoms with E-state index in [1.54, 1.807) is 6.07 Å². The van der Waals surface area contributed by atoms with E-state index >= 15 is 0 Å². The third-order valence-corrected chi connectivity index (χ3v) is 1.11. The van der Waals surface area contributed by atoms with E-state index in [-0.39, 0.29) is 5.88 Å². The van der Waals surface area contributed by atoms with Gasteiger partial charge in [-0.15, -0.1) is 0 Å². The molecular weight excluding hydrogens is 160 g/mol. The SMILES string of the molecule is N#C/C=C\c1ccc([N+](=O)[O-])o1. The molecule has 0 aromatic carbocycles. The van der Waals surface area contributed by atoms with Gasteiger partial charge in [0.15, 0.2) is 0 Å². The van der Waals surface area contributed by atoms with Gasteiger partial charge in [0.25, 0.3) is 0 Å². The lowest BCUT2D eigenvalue weighted by atomic mass is 10.4. The number of rotatable bonds is 2. The summed E-state index contributed by atoms with van der Waals surface area (Å²) in [6.07, 6.45) is 2.54. The van der Waals surface area contributed by atoms with Gasteiger partial charge in [-0.2, -0.15) is 5.26 Å². The van der Waals surface area contributed by atoms with E-state index in [9.17, 15) is 10.1 Å². The number of furan rings is 1. The zero-order valence-electron chi connectivity index (χ0n) is 5.93. The van der Waals surface area contributed by atoms with Crippen LogP contribution in [0.4, 0.5) is 5.88 Å². The van der Waals surface area contributed by atoms with Gasteiger partial charge >= 0.3 is 5.88 Å². The van der Waals surface area contributed by atoms with E-state index in [1.165, 1.54) is 24.3 Å². The summed E-state index contributed by atoms with van der Waals surface area (Å²) in [5, 5.41) is 18.2. The summed E-state index contributed by atoms with van der Waals surface area (Å²) in [6.45, 7) is 0. The van der Waals surface area contributed by atoms with E-state index in [0.717, 1.165) is 0 Å². The molecule has 60 valence electrons. The van der Waals surface area contributed by atoms with E-state index in [0.29, 0.717) is 5.76 Å². The zero-order chi connectivity index (χ0) is 8.97. The standard InChI is InChI=1S/C7H4N2O3/c8-5-1-2-6-3-4-7(12-6)9(10)11/h1-4H/b2-1-. The predicted molar refractivity (Wildman–Crippen MR) is 40.0 cm³/mol. The first kappa shape index (κ1) is 8.01. The fourth-order valence-electron chi connectivity index (χ4n) is 0.649. The van der Waals surface area contributed by atoms with Crippen molar-refractivity contribution < 1.29 is 9.34 Å². The normalized spacial score (nSPS) is 9.92. The van der Waals surface area contributed by atoms with E-state index in [4.69, 9.17) is 9.68 Å². The molecule has 0 aliphatic heterocycles. The molecule has 0 aliphatic rings. The van der Waals surface area contributed by atoms with Gasteiger partial charge in [0.2, 0.25) is 0 Å². The Labute approximate surface area is 67.7 Å². The molecule has 12 heavy (non-hydrogen) atoms. The van der Waals surface area contributed by atoms with Crippen molar-refractivity contribution in [3.05, 3.63) is 34.1 Å². The summed E-state index contributed by atoms with van der Waals surface area (Å²) >= 11 is 0. The molecule has 1 heterocycles. The molecule has 1 aromatic heterocycles. The lowest BCUT2D eigenvalue weighted by molar-refractivity contribution is -0.402. The first-order chi connectivity index (χ1) is 5.74. The summed E-state index contributed by atoms with van der Waals surface area (Å²) in [5.41, 5.74) is 0. The Morgan fingerprint density at radius 2 is 2.42 bits per heavy atom. The molecule has 1 aromatic rings. The molecule has 0 atom stereocenters. The molecule has 0 radical (unpaired) electrons. The third kappa shape index (κ3) is 1.70. The van der Waals surface area contributed by atoms with E-state index in [2.05, 4.69) is 0 Å². The minimum Gasteiger partial charge on any atom is -0.401 e.